The molecule has 1 N–H and O–H groups in total. The van der Waals surface area contributed by atoms with Gasteiger partial charge >= 0.3 is 0 Å². The normalized spacial score (nSPS) is 15.3. The summed E-state index contributed by atoms with van der Waals surface area (Å²) in [5.74, 6) is 0.964. The van der Waals surface area contributed by atoms with Crippen molar-refractivity contribution in [1.29, 1.82) is 0 Å². The van der Waals surface area contributed by atoms with E-state index in [1.807, 2.05) is 67.3 Å². The average molecular weight is 447 g/mol. The van der Waals surface area contributed by atoms with Crippen LogP contribution in [0.25, 0.3) is 11.0 Å². The summed E-state index contributed by atoms with van der Waals surface area (Å²) in [4.78, 5) is 32.5. The first-order valence-electron chi connectivity index (χ1n) is 12.1. The van der Waals surface area contributed by atoms with Crippen LogP contribution in [-0.2, 0) is 22.6 Å². The largest absolute Gasteiger partial charge is 0.346 e. The van der Waals surface area contributed by atoms with E-state index in [1.165, 1.54) is 12.8 Å². The molecule has 6 heteroatoms. The number of carbonyl (C=O) groups excluding carboxylic acids is 2. The molecule has 174 valence electrons. The molecule has 1 atom stereocenters. The minimum absolute atomic E-state index is 0.0314. The molecular weight excluding hydrogens is 412 g/mol. The molecule has 1 unspecified atom stereocenters. The highest BCUT2D eigenvalue weighted by molar-refractivity contribution is 5.80. The fourth-order valence-corrected chi connectivity index (χ4v) is 4.68. The second-order valence-electron chi connectivity index (χ2n) is 9.05. The number of amides is 2. The Balaban J connectivity index is 1.48. The average Bonchev–Trinajstić information content (AvgIpc) is 2.97. The van der Waals surface area contributed by atoms with Crippen LogP contribution in [0.15, 0.2) is 48.5 Å². The molecule has 2 aromatic carbocycles. The van der Waals surface area contributed by atoms with Crippen LogP contribution in [0.1, 0.15) is 62.0 Å². The first-order valence-corrected chi connectivity index (χ1v) is 12.1. The number of fused-ring (bicyclic) bond motifs is 1. The van der Waals surface area contributed by atoms with E-state index in [-0.39, 0.29) is 17.9 Å². The van der Waals surface area contributed by atoms with Crippen molar-refractivity contribution in [3.05, 3.63) is 65.5 Å². The van der Waals surface area contributed by atoms with Gasteiger partial charge in [0.25, 0.3) is 0 Å². The smallest absolute Gasteiger partial charge is 0.225 e. The van der Waals surface area contributed by atoms with Crippen LogP contribution in [0, 0.1) is 6.92 Å². The molecule has 33 heavy (non-hydrogen) atoms. The number of likely N-dealkylation sites (tertiary alicyclic amines) is 1. The maximum absolute atomic E-state index is 12.9. The van der Waals surface area contributed by atoms with Gasteiger partial charge in [-0.3, -0.25) is 9.59 Å². The number of hydrogen-bond acceptors (Lipinski definition) is 3. The molecule has 0 spiro atoms. The van der Waals surface area contributed by atoms with E-state index in [4.69, 9.17) is 4.98 Å². The van der Waals surface area contributed by atoms with Gasteiger partial charge in [-0.05, 0) is 49.9 Å². The summed E-state index contributed by atoms with van der Waals surface area (Å²) in [6, 6.07) is 15.7. The Morgan fingerprint density at radius 2 is 1.70 bits per heavy atom. The van der Waals surface area contributed by atoms with Gasteiger partial charge in [-0.25, -0.2) is 4.98 Å². The second-order valence-corrected chi connectivity index (χ2v) is 9.05. The molecule has 1 aliphatic heterocycles. The highest BCUT2D eigenvalue weighted by atomic mass is 16.2. The molecule has 0 bridgehead atoms. The molecule has 1 fully saturated rings. The van der Waals surface area contributed by atoms with E-state index >= 15 is 0 Å². The molecule has 6 nitrogen and oxygen atoms in total. The lowest BCUT2D eigenvalue weighted by Crippen LogP contribution is -2.33. The Morgan fingerprint density at radius 1 is 1.00 bits per heavy atom. The molecule has 3 aromatic rings. The Kier molecular flexibility index (Phi) is 7.43. The minimum atomic E-state index is -0.262. The summed E-state index contributed by atoms with van der Waals surface area (Å²) in [6.45, 7) is 6.27. The summed E-state index contributed by atoms with van der Waals surface area (Å²) in [5, 5.41) is 3.11. The number of benzene rings is 2. The van der Waals surface area contributed by atoms with Crippen molar-refractivity contribution in [3.8, 4) is 0 Å². The van der Waals surface area contributed by atoms with Crippen LogP contribution in [0.2, 0.25) is 0 Å². The molecule has 1 saturated heterocycles. The van der Waals surface area contributed by atoms with Gasteiger partial charge in [0.2, 0.25) is 11.8 Å². The fourth-order valence-electron chi connectivity index (χ4n) is 4.68. The maximum atomic E-state index is 12.9. The maximum Gasteiger partial charge on any atom is 0.225 e. The minimum Gasteiger partial charge on any atom is -0.346 e. The van der Waals surface area contributed by atoms with Crippen LogP contribution in [0.5, 0.6) is 0 Å². The Morgan fingerprint density at radius 3 is 2.45 bits per heavy atom. The summed E-state index contributed by atoms with van der Waals surface area (Å²) in [5.41, 5.74) is 4.02. The predicted molar refractivity (Wildman–Crippen MR) is 131 cm³/mol. The number of carbonyl (C=O) groups is 2. The molecule has 0 aliphatic carbocycles. The molecule has 0 saturated carbocycles. The van der Waals surface area contributed by atoms with Gasteiger partial charge in [-0.15, -0.1) is 0 Å². The van der Waals surface area contributed by atoms with Gasteiger partial charge < -0.3 is 14.8 Å². The van der Waals surface area contributed by atoms with E-state index < -0.39 is 0 Å². The number of nitrogens with one attached hydrogen (secondary N) is 1. The van der Waals surface area contributed by atoms with Gasteiger partial charge in [-0.1, -0.05) is 49.2 Å². The highest BCUT2D eigenvalue weighted by Crippen LogP contribution is 2.22. The van der Waals surface area contributed by atoms with Crippen LogP contribution in [-0.4, -0.2) is 39.4 Å². The van der Waals surface area contributed by atoms with E-state index in [2.05, 4.69) is 9.88 Å². The van der Waals surface area contributed by atoms with Crippen LogP contribution in [0.3, 0.4) is 0 Å². The van der Waals surface area contributed by atoms with Crippen molar-refractivity contribution in [1.82, 2.24) is 19.8 Å². The molecular formula is C27H34N4O2. The zero-order chi connectivity index (χ0) is 23.2. The van der Waals surface area contributed by atoms with E-state index in [1.54, 1.807) is 0 Å². The third-order valence-electron chi connectivity index (χ3n) is 6.57. The predicted octanol–water partition coefficient (Wildman–Crippen LogP) is 4.56. The van der Waals surface area contributed by atoms with Crippen LogP contribution >= 0.6 is 0 Å². The number of hydrogen-bond donors (Lipinski definition) is 1. The summed E-state index contributed by atoms with van der Waals surface area (Å²) < 4.78 is 2.10. The Bertz CT molecular complexity index is 1110. The quantitative estimate of drug-likeness (QED) is 0.579. The summed E-state index contributed by atoms with van der Waals surface area (Å²) >= 11 is 0. The summed E-state index contributed by atoms with van der Waals surface area (Å²) in [7, 11) is 0. The first-order chi connectivity index (χ1) is 16.0. The molecule has 1 aliphatic rings. The fraction of sp³-hybridized carbons (Fsp3) is 0.444. The number of aromatic nitrogens is 2. The van der Waals surface area contributed by atoms with Crippen molar-refractivity contribution in [2.24, 2.45) is 0 Å². The lowest BCUT2D eigenvalue weighted by Gasteiger charge is -2.21. The van der Waals surface area contributed by atoms with E-state index in [0.717, 1.165) is 53.9 Å². The van der Waals surface area contributed by atoms with Crippen LogP contribution in [0.4, 0.5) is 0 Å². The molecule has 2 heterocycles. The zero-order valence-electron chi connectivity index (χ0n) is 19.7. The number of aryl methyl sites for hydroxylation is 2. The van der Waals surface area contributed by atoms with Crippen molar-refractivity contribution in [2.45, 2.75) is 65.0 Å². The number of rotatable bonds is 7. The number of imidazole rings is 1. The highest BCUT2D eigenvalue weighted by Gasteiger charge is 2.21. The SMILES string of the molecule is Cc1ccccc1CC(=O)NC(C)c1nc2ccccc2n1CCC(=O)N1CCCCCC1. The second kappa shape index (κ2) is 10.6. The number of nitrogens with zero attached hydrogens (tertiary/aromatic N) is 3. The molecule has 2 amide bonds. The van der Waals surface area contributed by atoms with Gasteiger partial charge in [0.05, 0.1) is 23.5 Å². The van der Waals surface area contributed by atoms with Crippen molar-refractivity contribution < 1.29 is 9.59 Å². The number of para-hydroxylation sites is 2. The van der Waals surface area contributed by atoms with Gasteiger partial charge in [0, 0.05) is 26.1 Å². The topological polar surface area (TPSA) is 67.2 Å². The summed E-state index contributed by atoms with van der Waals surface area (Å²) in [6.07, 6.45) is 5.38. The van der Waals surface area contributed by atoms with Crippen molar-refractivity contribution in [2.75, 3.05) is 13.1 Å². The third kappa shape index (κ3) is 5.62. The first kappa shape index (κ1) is 23.0. The Hall–Kier alpha value is -3.15. The third-order valence-corrected chi connectivity index (χ3v) is 6.57. The molecule has 4 rings (SSSR count). The molecule has 1 aromatic heterocycles. The zero-order valence-corrected chi connectivity index (χ0v) is 19.7. The standard InChI is InChI=1S/C27H34N4O2/c1-20-11-5-6-12-22(20)19-25(32)28-21(2)27-29-23-13-7-8-14-24(23)31(27)18-15-26(33)30-16-9-3-4-10-17-30/h5-8,11-14,21H,3-4,9-10,15-19H2,1-2H3,(H,28,32). The lowest BCUT2D eigenvalue weighted by molar-refractivity contribution is -0.131. The van der Waals surface area contributed by atoms with Crippen LogP contribution < -0.4 is 5.32 Å². The Labute approximate surface area is 196 Å². The van der Waals surface area contributed by atoms with Gasteiger partial charge in [0.15, 0.2) is 0 Å². The lowest BCUT2D eigenvalue weighted by atomic mass is 10.1. The van der Waals surface area contributed by atoms with Gasteiger partial charge in [-0.2, -0.15) is 0 Å². The van der Waals surface area contributed by atoms with E-state index in [9.17, 15) is 9.59 Å². The van der Waals surface area contributed by atoms with Crippen molar-refractivity contribution in [3.63, 3.8) is 0 Å². The van der Waals surface area contributed by atoms with E-state index in [0.29, 0.717) is 19.4 Å². The monoisotopic (exact) mass is 446 g/mol. The molecule has 0 radical (unpaired) electrons. The van der Waals surface area contributed by atoms with Crippen molar-refractivity contribution >= 4 is 22.8 Å². The van der Waals surface area contributed by atoms with Gasteiger partial charge in [0.1, 0.15) is 5.82 Å².